The second-order valence-corrected chi connectivity index (χ2v) is 4.23. The quantitative estimate of drug-likeness (QED) is 0.783. The largest absolute Gasteiger partial charge is 0.418 e. The van der Waals surface area contributed by atoms with Gasteiger partial charge in [-0.1, -0.05) is 0 Å². The topological polar surface area (TPSA) is 34.9 Å². The summed E-state index contributed by atoms with van der Waals surface area (Å²) in [6.45, 7) is 3.38. The summed E-state index contributed by atoms with van der Waals surface area (Å²) in [5, 5.41) is 4.04. The minimum Gasteiger partial charge on any atom is -0.298 e. The van der Waals surface area contributed by atoms with Crippen molar-refractivity contribution < 1.29 is 18.0 Å². The normalized spacial score (nSPS) is 11.6. The van der Waals surface area contributed by atoms with Crippen LogP contribution in [0.4, 0.5) is 13.2 Å². The fraction of sp³-hybridized carbons (Fsp3) is 0.231. The van der Waals surface area contributed by atoms with Crippen LogP contribution < -0.4 is 0 Å². The molecule has 100 valence electrons. The third-order valence-electron chi connectivity index (χ3n) is 2.70. The van der Waals surface area contributed by atoms with Crippen molar-refractivity contribution in [2.24, 2.45) is 0 Å². The highest BCUT2D eigenvalue weighted by Crippen LogP contribution is 2.34. The minimum absolute atomic E-state index is 0.0161. The van der Waals surface area contributed by atoms with E-state index in [2.05, 4.69) is 5.10 Å². The van der Waals surface area contributed by atoms with Crippen molar-refractivity contribution in [3.63, 3.8) is 0 Å². The Bertz CT molecular complexity index is 629. The molecule has 0 aliphatic heterocycles. The molecule has 0 bridgehead atoms. The lowest BCUT2D eigenvalue weighted by Crippen LogP contribution is -2.13. The number of hydrogen-bond acceptors (Lipinski definition) is 2. The third kappa shape index (κ3) is 2.52. The zero-order valence-corrected chi connectivity index (χ0v) is 10.3. The first-order chi connectivity index (χ1) is 8.82. The van der Waals surface area contributed by atoms with Crippen LogP contribution in [0.5, 0.6) is 0 Å². The number of nitrogens with zero attached hydrogens (tertiary/aromatic N) is 2. The predicted molar refractivity (Wildman–Crippen MR) is 63.4 cm³/mol. The van der Waals surface area contributed by atoms with Gasteiger partial charge in [-0.3, -0.25) is 4.79 Å². The Hall–Kier alpha value is -2.11. The van der Waals surface area contributed by atoms with Gasteiger partial charge in [0.25, 0.3) is 0 Å². The highest BCUT2D eigenvalue weighted by Gasteiger charge is 2.34. The van der Waals surface area contributed by atoms with Crippen LogP contribution in [0.2, 0.25) is 0 Å². The summed E-state index contributed by atoms with van der Waals surface area (Å²) in [7, 11) is 0. The monoisotopic (exact) mass is 268 g/mol. The van der Waals surface area contributed by atoms with E-state index in [-0.39, 0.29) is 11.3 Å². The van der Waals surface area contributed by atoms with Crippen LogP contribution in [0.15, 0.2) is 24.3 Å². The van der Waals surface area contributed by atoms with Crippen molar-refractivity contribution in [1.29, 1.82) is 0 Å². The number of aromatic nitrogens is 2. The Morgan fingerprint density at radius 3 is 2.37 bits per heavy atom. The van der Waals surface area contributed by atoms with Crippen molar-refractivity contribution in [1.82, 2.24) is 9.78 Å². The van der Waals surface area contributed by atoms with Gasteiger partial charge in [0, 0.05) is 11.3 Å². The third-order valence-corrected chi connectivity index (χ3v) is 2.70. The van der Waals surface area contributed by atoms with Gasteiger partial charge in [0.2, 0.25) is 0 Å². The maximum absolute atomic E-state index is 13.0. The summed E-state index contributed by atoms with van der Waals surface area (Å²) >= 11 is 0. The molecule has 0 aliphatic rings. The van der Waals surface area contributed by atoms with Crippen LogP contribution in [0.3, 0.4) is 0 Å². The molecule has 0 saturated carbocycles. The number of alkyl halides is 3. The van der Waals surface area contributed by atoms with Gasteiger partial charge in [-0.2, -0.15) is 18.3 Å². The first-order valence-corrected chi connectivity index (χ1v) is 5.53. The van der Waals surface area contributed by atoms with Crippen LogP contribution in [-0.2, 0) is 6.18 Å². The van der Waals surface area contributed by atoms with Gasteiger partial charge >= 0.3 is 6.18 Å². The van der Waals surface area contributed by atoms with Crippen LogP contribution >= 0.6 is 0 Å². The maximum atomic E-state index is 13.0. The van der Waals surface area contributed by atoms with E-state index in [4.69, 9.17) is 0 Å². The molecule has 19 heavy (non-hydrogen) atoms. The number of aryl methyl sites for hydroxylation is 2. The summed E-state index contributed by atoms with van der Waals surface area (Å²) in [6, 6.07) is 5.12. The fourth-order valence-electron chi connectivity index (χ4n) is 1.91. The molecule has 0 spiro atoms. The standard InChI is InChI=1S/C13H11F3N2O/c1-8-5-9(2)18(17-8)12-4-3-10(7-19)6-11(12)13(14,15)16/h3-7H,1-2H3. The second kappa shape index (κ2) is 4.53. The molecule has 0 fully saturated rings. The zero-order chi connectivity index (χ0) is 14.2. The number of carbonyl (C=O) groups excluding carboxylic acids is 1. The number of benzene rings is 1. The molecule has 0 saturated heterocycles. The van der Waals surface area contributed by atoms with E-state index in [9.17, 15) is 18.0 Å². The van der Waals surface area contributed by atoms with Crippen molar-refractivity contribution in [3.05, 3.63) is 46.8 Å². The van der Waals surface area contributed by atoms with E-state index in [0.717, 1.165) is 6.07 Å². The Labute approximate surface area is 107 Å². The highest BCUT2D eigenvalue weighted by molar-refractivity contribution is 5.76. The molecular formula is C13H11F3N2O. The molecule has 2 rings (SSSR count). The first-order valence-electron chi connectivity index (χ1n) is 5.53. The molecule has 0 unspecified atom stereocenters. The fourth-order valence-corrected chi connectivity index (χ4v) is 1.91. The Morgan fingerprint density at radius 2 is 1.89 bits per heavy atom. The van der Waals surface area contributed by atoms with E-state index in [1.165, 1.54) is 16.8 Å². The lowest BCUT2D eigenvalue weighted by molar-refractivity contribution is -0.137. The molecule has 0 atom stereocenters. The number of carbonyl (C=O) groups is 1. The van der Waals surface area contributed by atoms with E-state index in [1.807, 2.05) is 0 Å². The van der Waals surface area contributed by atoms with Crippen LogP contribution in [0.25, 0.3) is 5.69 Å². The van der Waals surface area contributed by atoms with E-state index < -0.39 is 11.7 Å². The van der Waals surface area contributed by atoms with Crippen molar-refractivity contribution in [2.45, 2.75) is 20.0 Å². The molecule has 0 aliphatic carbocycles. The lowest BCUT2D eigenvalue weighted by Gasteiger charge is -2.14. The maximum Gasteiger partial charge on any atom is 0.418 e. The smallest absolute Gasteiger partial charge is 0.298 e. The van der Waals surface area contributed by atoms with Crippen LogP contribution in [0.1, 0.15) is 27.3 Å². The second-order valence-electron chi connectivity index (χ2n) is 4.23. The summed E-state index contributed by atoms with van der Waals surface area (Å²) in [6.07, 6.45) is -4.15. The van der Waals surface area contributed by atoms with E-state index >= 15 is 0 Å². The Balaban J connectivity index is 2.69. The van der Waals surface area contributed by atoms with Gasteiger partial charge in [0.15, 0.2) is 0 Å². The molecular weight excluding hydrogens is 257 g/mol. The summed E-state index contributed by atoms with van der Waals surface area (Å²) in [5.74, 6) is 0. The molecule has 1 aromatic carbocycles. The molecule has 6 heteroatoms. The highest BCUT2D eigenvalue weighted by atomic mass is 19.4. The molecule has 0 N–H and O–H groups in total. The molecule has 2 aromatic rings. The molecule has 0 amide bonds. The number of halogens is 3. The average Bonchev–Trinajstić information content (AvgIpc) is 2.66. The first kappa shape index (κ1) is 13.3. The van der Waals surface area contributed by atoms with Crippen molar-refractivity contribution in [2.75, 3.05) is 0 Å². The minimum atomic E-state index is -4.54. The average molecular weight is 268 g/mol. The van der Waals surface area contributed by atoms with Crippen LogP contribution in [-0.4, -0.2) is 16.1 Å². The van der Waals surface area contributed by atoms with Gasteiger partial charge in [0.1, 0.15) is 6.29 Å². The van der Waals surface area contributed by atoms with Gasteiger partial charge in [-0.15, -0.1) is 0 Å². The van der Waals surface area contributed by atoms with Gasteiger partial charge in [0.05, 0.1) is 16.9 Å². The molecule has 0 radical (unpaired) electrons. The van der Waals surface area contributed by atoms with Crippen molar-refractivity contribution in [3.8, 4) is 5.69 Å². The number of aldehydes is 1. The van der Waals surface area contributed by atoms with Gasteiger partial charge in [-0.25, -0.2) is 4.68 Å². The van der Waals surface area contributed by atoms with Gasteiger partial charge < -0.3 is 0 Å². The van der Waals surface area contributed by atoms with Gasteiger partial charge in [-0.05, 0) is 38.1 Å². The number of hydrogen-bond donors (Lipinski definition) is 0. The number of rotatable bonds is 2. The zero-order valence-electron chi connectivity index (χ0n) is 10.3. The summed E-state index contributed by atoms with van der Waals surface area (Å²) in [5.41, 5.74) is 0.261. The Kier molecular flexibility index (Phi) is 3.18. The lowest BCUT2D eigenvalue weighted by atomic mass is 10.1. The molecule has 3 nitrogen and oxygen atoms in total. The SMILES string of the molecule is Cc1cc(C)n(-c2ccc(C=O)cc2C(F)(F)F)n1. The van der Waals surface area contributed by atoms with E-state index in [1.54, 1.807) is 19.9 Å². The Morgan fingerprint density at radius 1 is 1.21 bits per heavy atom. The predicted octanol–water partition coefficient (Wildman–Crippen LogP) is 3.32. The van der Waals surface area contributed by atoms with Crippen LogP contribution in [0, 0.1) is 13.8 Å². The van der Waals surface area contributed by atoms with Crippen molar-refractivity contribution >= 4 is 6.29 Å². The summed E-state index contributed by atoms with van der Waals surface area (Å²) in [4.78, 5) is 10.6. The molecule has 1 aromatic heterocycles. The summed E-state index contributed by atoms with van der Waals surface area (Å²) < 4.78 is 40.3. The molecule has 1 heterocycles. The van der Waals surface area contributed by atoms with E-state index in [0.29, 0.717) is 17.7 Å².